The standard InChI is InChI=1S/C23H35Cl2NO3/c1-6-19-15-21(27-14-11-22(24)25)16-20(7-2)23(19)28-12-9-8-10-13-29-26-18(5)17(3)4/h11,15-16,26H,6-10,12-14H2,1-5H3. The second-order valence-electron chi connectivity index (χ2n) is 7.07. The Morgan fingerprint density at radius 1 is 0.931 bits per heavy atom. The van der Waals surface area contributed by atoms with Gasteiger partial charge in [-0.25, -0.2) is 0 Å². The van der Waals surface area contributed by atoms with Gasteiger partial charge in [-0.2, -0.15) is 0 Å². The number of unbranched alkanes of at least 4 members (excludes halogenated alkanes) is 2. The molecular weight excluding hydrogens is 409 g/mol. The van der Waals surface area contributed by atoms with E-state index < -0.39 is 0 Å². The number of benzene rings is 1. The van der Waals surface area contributed by atoms with E-state index in [1.54, 1.807) is 6.08 Å². The fraction of sp³-hybridized carbons (Fsp3) is 0.565. The zero-order valence-electron chi connectivity index (χ0n) is 18.4. The maximum absolute atomic E-state index is 6.15. The third-order valence-electron chi connectivity index (χ3n) is 4.58. The first-order valence-electron chi connectivity index (χ1n) is 10.3. The second kappa shape index (κ2) is 14.6. The fourth-order valence-electron chi connectivity index (χ4n) is 2.61. The van der Waals surface area contributed by atoms with Crippen LogP contribution in [0.5, 0.6) is 11.5 Å². The van der Waals surface area contributed by atoms with Crippen LogP contribution in [0.4, 0.5) is 0 Å². The van der Waals surface area contributed by atoms with Gasteiger partial charge in [0.15, 0.2) is 0 Å². The van der Waals surface area contributed by atoms with Gasteiger partial charge in [-0.3, -0.25) is 10.3 Å². The highest BCUT2D eigenvalue weighted by Gasteiger charge is 2.11. The lowest BCUT2D eigenvalue weighted by Crippen LogP contribution is -2.14. The lowest BCUT2D eigenvalue weighted by atomic mass is 10.0. The molecule has 0 saturated carbocycles. The van der Waals surface area contributed by atoms with Crippen LogP contribution in [0.2, 0.25) is 0 Å². The van der Waals surface area contributed by atoms with E-state index in [1.165, 1.54) is 5.57 Å². The van der Waals surface area contributed by atoms with Crippen LogP contribution in [0.15, 0.2) is 34.0 Å². The number of hydrogen-bond acceptors (Lipinski definition) is 4. The molecule has 0 aliphatic carbocycles. The molecule has 1 aromatic rings. The summed E-state index contributed by atoms with van der Waals surface area (Å²) in [5.41, 5.74) is 7.59. The fourth-order valence-corrected chi connectivity index (χ4v) is 2.73. The summed E-state index contributed by atoms with van der Waals surface area (Å²) in [6.07, 6.45) is 6.45. The Hall–Kier alpha value is -1.36. The molecule has 0 spiro atoms. The van der Waals surface area contributed by atoms with Crippen molar-refractivity contribution in [2.45, 2.75) is 66.7 Å². The van der Waals surface area contributed by atoms with Crippen molar-refractivity contribution in [2.24, 2.45) is 0 Å². The molecular formula is C23H35Cl2NO3. The smallest absolute Gasteiger partial charge is 0.125 e. The highest BCUT2D eigenvalue weighted by atomic mass is 35.5. The largest absolute Gasteiger partial charge is 0.493 e. The molecule has 0 fully saturated rings. The normalized spacial score (nSPS) is 10.4. The van der Waals surface area contributed by atoms with E-state index in [0.717, 1.165) is 60.4 Å². The SMILES string of the molecule is CCc1cc(OCC=C(Cl)Cl)cc(CC)c1OCCCCCONC(C)=C(C)C. The molecule has 1 N–H and O–H groups in total. The molecule has 6 heteroatoms. The van der Waals surface area contributed by atoms with Gasteiger partial charge >= 0.3 is 0 Å². The van der Waals surface area contributed by atoms with Crippen molar-refractivity contribution < 1.29 is 14.3 Å². The van der Waals surface area contributed by atoms with Gasteiger partial charge in [-0.15, -0.1) is 0 Å². The first kappa shape index (κ1) is 25.7. The van der Waals surface area contributed by atoms with Crippen molar-refractivity contribution in [3.8, 4) is 11.5 Å². The Morgan fingerprint density at radius 3 is 2.10 bits per heavy atom. The Morgan fingerprint density at radius 2 is 1.55 bits per heavy atom. The number of hydrogen-bond donors (Lipinski definition) is 1. The average Bonchev–Trinajstić information content (AvgIpc) is 2.69. The molecule has 1 rings (SSSR count). The summed E-state index contributed by atoms with van der Waals surface area (Å²) in [6.45, 7) is 12.1. The molecule has 0 saturated heterocycles. The number of hydroxylamine groups is 1. The lowest BCUT2D eigenvalue weighted by molar-refractivity contribution is 0.0587. The van der Waals surface area contributed by atoms with Gasteiger partial charge in [0.2, 0.25) is 0 Å². The lowest BCUT2D eigenvalue weighted by Gasteiger charge is -2.17. The predicted molar refractivity (Wildman–Crippen MR) is 123 cm³/mol. The average molecular weight is 444 g/mol. The Balaban J connectivity index is 2.48. The van der Waals surface area contributed by atoms with Gasteiger partial charge in [0, 0.05) is 5.70 Å². The summed E-state index contributed by atoms with van der Waals surface area (Å²) in [5.74, 6) is 1.80. The molecule has 0 heterocycles. The zero-order chi connectivity index (χ0) is 21.6. The van der Waals surface area contributed by atoms with Gasteiger partial charge in [0.25, 0.3) is 0 Å². The molecule has 0 amide bonds. The molecule has 0 aliphatic rings. The van der Waals surface area contributed by atoms with Crippen LogP contribution in [0.1, 0.15) is 65.0 Å². The highest BCUT2D eigenvalue weighted by Crippen LogP contribution is 2.31. The second-order valence-corrected chi connectivity index (χ2v) is 8.08. The van der Waals surface area contributed by atoms with Crippen LogP contribution in [-0.2, 0) is 17.7 Å². The minimum absolute atomic E-state index is 0.213. The van der Waals surface area contributed by atoms with Crippen LogP contribution in [0.25, 0.3) is 0 Å². The number of halogens is 2. The van der Waals surface area contributed by atoms with Gasteiger partial charge < -0.3 is 9.47 Å². The van der Waals surface area contributed by atoms with Crippen LogP contribution < -0.4 is 15.0 Å². The van der Waals surface area contributed by atoms with E-state index in [9.17, 15) is 0 Å². The number of rotatable bonds is 14. The summed E-state index contributed by atoms with van der Waals surface area (Å²) in [4.78, 5) is 5.47. The molecule has 0 bridgehead atoms. The molecule has 1 aromatic carbocycles. The van der Waals surface area contributed by atoms with Crippen LogP contribution in [0, 0.1) is 0 Å². The maximum atomic E-state index is 6.15. The molecule has 0 atom stereocenters. The Labute approximate surface area is 186 Å². The van der Waals surface area contributed by atoms with Crippen molar-refractivity contribution in [1.29, 1.82) is 0 Å². The molecule has 0 aliphatic heterocycles. The van der Waals surface area contributed by atoms with Crippen LogP contribution >= 0.6 is 23.2 Å². The highest BCUT2D eigenvalue weighted by molar-refractivity contribution is 6.55. The Kier molecular flexibility index (Phi) is 12.9. The summed E-state index contributed by atoms with van der Waals surface area (Å²) in [7, 11) is 0. The van der Waals surface area contributed by atoms with E-state index in [0.29, 0.717) is 19.8 Å². The molecule has 0 unspecified atom stereocenters. The number of nitrogens with one attached hydrogen (secondary N) is 1. The summed E-state index contributed by atoms with van der Waals surface area (Å²) in [6, 6.07) is 4.07. The van der Waals surface area contributed by atoms with E-state index in [-0.39, 0.29) is 4.49 Å². The van der Waals surface area contributed by atoms with E-state index in [2.05, 4.69) is 33.2 Å². The quantitative estimate of drug-likeness (QED) is 0.250. The van der Waals surface area contributed by atoms with Gasteiger partial charge in [0.1, 0.15) is 22.6 Å². The van der Waals surface area contributed by atoms with Crippen molar-refractivity contribution in [3.63, 3.8) is 0 Å². The van der Waals surface area contributed by atoms with E-state index >= 15 is 0 Å². The predicted octanol–water partition coefficient (Wildman–Crippen LogP) is 6.89. The van der Waals surface area contributed by atoms with Gasteiger partial charge in [-0.05, 0) is 82.2 Å². The van der Waals surface area contributed by atoms with Crippen LogP contribution in [0.3, 0.4) is 0 Å². The monoisotopic (exact) mass is 443 g/mol. The van der Waals surface area contributed by atoms with Crippen molar-refractivity contribution in [1.82, 2.24) is 5.48 Å². The Bertz CT molecular complexity index is 654. The number of allylic oxidation sites excluding steroid dienone is 2. The van der Waals surface area contributed by atoms with Crippen molar-refractivity contribution in [2.75, 3.05) is 19.8 Å². The minimum Gasteiger partial charge on any atom is -0.493 e. The minimum atomic E-state index is 0.213. The number of ether oxygens (including phenoxy) is 2. The summed E-state index contributed by atoms with van der Waals surface area (Å²) < 4.78 is 12.1. The molecule has 29 heavy (non-hydrogen) atoms. The van der Waals surface area contributed by atoms with E-state index in [4.69, 9.17) is 37.5 Å². The first-order chi connectivity index (χ1) is 13.9. The third kappa shape index (κ3) is 10.3. The zero-order valence-corrected chi connectivity index (χ0v) is 19.9. The maximum Gasteiger partial charge on any atom is 0.125 e. The topological polar surface area (TPSA) is 39.7 Å². The van der Waals surface area contributed by atoms with E-state index in [1.807, 2.05) is 19.1 Å². The molecule has 4 nitrogen and oxygen atoms in total. The summed E-state index contributed by atoms with van der Waals surface area (Å²) >= 11 is 11.3. The van der Waals surface area contributed by atoms with Crippen molar-refractivity contribution in [3.05, 3.63) is 45.1 Å². The first-order valence-corrected chi connectivity index (χ1v) is 11.1. The van der Waals surface area contributed by atoms with Crippen LogP contribution in [-0.4, -0.2) is 19.8 Å². The van der Waals surface area contributed by atoms with Crippen molar-refractivity contribution >= 4 is 23.2 Å². The molecule has 0 radical (unpaired) electrons. The summed E-state index contributed by atoms with van der Waals surface area (Å²) in [5, 5.41) is 0. The van der Waals surface area contributed by atoms with Gasteiger partial charge in [-0.1, -0.05) is 42.6 Å². The number of aryl methyl sites for hydroxylation is 2. The molecule has 0 aromatic heterocycles. The third-order valence-corrected chi connectivity index (χ3v) is 4.89. The molecule has 164 valence electrons. The van der Waals surface area contributed by atoms with Gasteiger partial charge in [0.05, 0.1) is 13.2 Å².